The molecule has 2 rings (SSSR count). The summed E-state index contributed by atoms with van der Waals surface area (Å²) >= 11 is 1.55. The molecule has 0 bridgehead atoms. The van der Waals surface area contributed by atoms with E-state index in [1.165, 1.54) is 0 Å². The molecule has 112 valence electrons. The van der Waals surface area contributed by atoms with E-state index in [1.54, 1.807) is 16.7 Å². The molecule has 2 heterocycles. The fourth-order valence-corrected chi connectivity index (χ4v) is 4.10. The Morgan fingerprint density at radius 3 is 2.90 bits per heavy atom. The zero-order valence-corrected chi connectivity index (χ0v) is 12.0. The van der Waals surface area contributed by atoms with Gasteiger partial charge in [-0.2, -0.15) is 0 Å². The van der Waals surface area contributed by atoms with Gasteiger partial charge in [0.15, 0.2) is 0 Å². The Hall–Kier alpha value is -1.28. The summed E-state index contributed by atoms with van der Waals surface area (Å²) < 4.78 is 0. The molecule has 2 aliphatic rings. The highest BCUT2D eigenvalue weighted by atomic mass is 32.2. The quantitative estimate of drug-likeness (QED) is 0.625. The van der Waals surface area contributed by atoms with Gasteiger partial charge < -0.3 is 20.4 Å². The lowest BCUT2D eigenvalue weighted by atomic mass is 10.1. The van der Waals surface area contributed by atoms with Crippen molar-refractivity contribution < 1.29 is 24.6 Å². The van der Waals surface area contributed by atoms with E-state index < -0.39 is 24.0 Å². The number of nitrogens with one attached hydrogen (secondary N) is 1. The number of aliphatic hydroxyl groups excluding tert-OH is 1. The second-order valence-electron chi connectivity index (χ2n) is 5.18. The van der Waals surface area contributed by atoms with Crippen LogP contribution in [0.5, 0.6) is 0 Å². The summed E-state index contributed by atoms with van der Waals surface area (Å²) in [6.45, 7) is 1.61. The van der Waals surface area contributed by atoms with Crippen LogP contribution in [0.4, 0.5) is 0 Å². The summed E-state index contributed by atoms with van der Waals surface area (Å²) in [6, 6.07) is -1.75. The van der Waals surface area contributed by atoms with Crippen LogP contribution in [0.15, 0.2) is 0 Å². The van der Waals surface area contributed by atoms with Crippen molar-refractivity contribution in [2.24, 2.45) is 0 Å². The predicted octanol–water partition coefficient (Wildman–Crippen LogP) is -0.608. The Balaban J connectivity index is 2.06. The number of rotatable bonds is 5. The van der Waals surface area contributed by atoms with Crippen molar-refractivity contribution in [3.63, 3.8) is 0 Å². The molecule has 0 aromatic rings. The van der Waals surface area contributed by atoms with E-state index >= 15 is 0 Å². The molecule has 2 aliphatic heterocycles. The molecule has 0 aromatic carbocycles. The minimum atomic E-state index is -1.19. The van der Waals surface area contributed by atoms with Gasteiger partial charge in [0.1, 0.15) is 12.1 Å². The Bertz CT molecular complexity index is 444. The number of hydrogen-bond acceptors (Lipinski definition) is 5. The minimum absolute atomic E-state index is 0.0495. The van der Waals surface area contributed by atoms with Gasteiger partial charge in [-0.1, -0.05) is 0 Å². The molecule has 3 N–H and O–H groups in total. The molecular formula is C12H18N2O5S. The zero-order valence-electron chi connectivity index (χ0n) is 11.2. The van der Waals surface area contributed by atoms with Crippen molar-refractivity contribution in [1.82, 2.24) is 10.2 Å². The van der Waals surface area contributed by atoms with Crippen molar-refractivity contribution in [3.05, 3.63) is 0 Å². The molecule has 3 atom stereocenters. The first-order chi connectivity index (χ1) is 9.39. The van der Waals surface area contributed by atoms with E-state index in [-0.39, 0.29) is 23.8 Å². The molecule has 2 saturated heterocycles. The van der Waals surface area contributed by atoms with Gasteiger partial charge in [-0.15, -0.1) is 11.8 Å². The monoisotopic (exact) mass is 302 g/mol. The van der Waals surface area contributed by atoms with Crippen LogP contribution in [0, 0.1) is 0 Å². The van der Waals surface area contributed by atoms with Crippen molar-refractivity contribution in [3.8, 4) is 0 Å². The van der Waals surface area contributed by atoms with Gasteiger partial charge in [-0.05, 0) is 13.3 Å². The number of hydrogen-bond donors (Lipinski definition) is 3. The molecular weight excluding hydrogens is 284 g/mol. The molecule has 2 fully saturated rings. The number of carbonyl (C=O) groups is 3. The van der Waals surface area contributed by atoms with E-state index in [0.717, 1.165) is 0 Å². The number of aliphatic hydroxyl groups is 1. The number of thioether (sulfide) groups is 1. The summed E-state index contributed by atoms with van der Waals surface area (Å²) in [5.74, 6) is -1.24. The van der Waals surface area contributed by atoms with Gasteiger partial charge in [-0.3, -0.25) is 9.59 Å². The molecule has 2 amide bonds. The van der Waals surface area contributed by atoms with Crippen LogP contribution in [0.3, 0.4) is 0 Å². The third kappa shape index (κ3) is 2.62. The molecule has 0 aromatic heterocycles. The minimum Gasteiger partial charge on any atom is -0.480 e. The normalized spacial score (nSPS) is 30.2. The summed E-state index contributed by atoms with van der Waals surface area (Å²) in [5.41, 5.74) is 0. The average Bonchev–Trinajstić information content (AvgIpc) is 2.86. The molecule has 20 heavy (non-hydrogen) atoms. The van der Waals surface area contributed by atoms with Crippen LogP contribution in [-0.2, 0) is 14.4 Å². The number of aliphatic carboxylic acids is 1. The largest absolute Gasteiger partial charge is 0.480 e. The van der Waals surface area contributed by atoms with Gasteiger partial charge in [0.25, 0.3) is 0 Å². The van der Waals surface area contributed by atoms with Crippen molar-refractivity contribution in [2.45, 2.75) is 43.1 Å². The maximum Gasteiger partial charge on any atom is 0.326 e. The third-order valence-electron chi connectivity index (χ3n) is 3.78. The first-order valence-electron chi connectivity index (χ1n) is 6.49. The Labute approximate surface area is 120 Å². The van der Waals surface area contributed by atoms with Crippen LogP contribution in [-0.4, -0.2) is 62.2 Å². The molecule has 0 saturated carbocycles. The highest BCUT2D eigenvalue weighted by Gasteiger charge is 2.53. The number of carbonyl (C=O) groups excluding carboxylic acids is 2. The highest BCUT2D eigenvalue weighted by Crippen LogP contribution is 2.47. The second kappa shape index (κ2) is 5.61. The predicted molar refractivity (Wildman–Crippen MR) is 72.0 cm³/mol. The van der Waals surface area contributed by atoms with Crippen LogP contribution in [0.1, 0.15) is 26.2 Å². The van der Waals surface area contributed by atoms with E-state index in [1.807, 2.05) is 6.92 Å². The lowest BCUT2D eigenvalue weighted by Crippen LogP contribution is -2.53. The number of fused-ring (bicyclic) bond motifs is 1. The second-order valence-corrected chi connectivity index (χ2v) is 6.68. The first kappa shape index (κ1) is 15.1. The van der Waals surface area contributed by atoms with Crippen LogP contribution in [0.25, 0.3) is 0 Å². The molecule has 8 heteroatoms. The Morgan fingerprint density at radius 1 is 1.60 bits per heavy atom. The molecule has 0 spiro atoms. The fraction of sp³-hybridized carbons (Fsp3) is 0.750. The third-order valence-corrected chi connectivity index (χ3v) is 5.28. The van der Waals surface area contributed by atoms with Crippen LogP contribution >= 0.6 is 11.8 Å². The van der Waals surface area contributed by atoms with E-state index in [2.05, 4.69) is 5.32 Å². The maximum atomic E-state index is 12.2. The van der Waals surface area contributed by atoms with E-state index in [0.29, 0.717) is 18.6 Å². The molecule has 0 radical (unpaired) electrons. The standard InChI is InChI=1S/C12H18N2O5S/c1-12-4-2-9(16)14(12)8(6-20-12)10(17)13-7(3-5-15)11(18)19/h7-8,15H,2-6H2,1H3,(H,13,17)(H,18,19)/t7-,8?,12?/m0/s1. The number of nitrogens with zero attached hydrogens (tertiary/aromatic N) is 1. The maximum absolute atomic E-state index is 12.2. The first-order valence-corrected chi connectivity index (χ1v) is 7.48. The molecule has 2 unspecified atom stereocenters. The smallest absolute Gasteiger partial charge is 0.326 e. The van der Waals surface area contributed by atoms with E-state index in [9.17, 15) is 14.4 Å². The summed E-state index contributed by atoms with van der Waals surface area (Å²) in [4.78, 5) is 36.3. The summed E-state index contributed by atoms with van der Waals surface area (Å²) in [7, 11) is 0. The van der Waals surface area contributed by atoms with Gasteiger partial charge in [-0.25, -0.2) is 4.79 Å². The Kier molecular flexibility index (Phi) is 4.24. The van der Waals surface area contributed by atoms with Gasteiger partial charge in [0.2, 0.25) is 11.8 Å². The lowest BCUT2D eigenvalue weighted by molar-refractivity contribution is -0.144. The fourth-order valence-electron chi connectivity index (χ4n) is 2.67. The highest BCUT2D eigenvalue weighted by molar-refractivity contribution is 8.01. The number of carboxylic acid groups (broad SMARTS) is 1. The Morgan fingerprint density at radius 2 is 2.30 bits per heavy atom. The summed E-state index contributed by atoms with van der Waals surface area (Å²) in [5, 5.41) is 20.2. The lowest BCUT2D eigenvalue weighted by Gasteiger charge is -2.30. The van der Waals surface area contributed by atoms with Gasteiger partial charge in [0.05, 0.1) is 4.87 Å². The van der Waals surface area contributed by atoms with Gasteiger partial charge >= 0.3 is 5.97 Å². The van der Waals surface area contributed by atoms with Crippen LogP contribution in [0.2, 0.25) is 0 Å². The topological polar surface area (TPSA) is 107 Å². The van der Waals surface area contributed by atoms with Crippen molar-refractivity contribution in [1.29, 1.82) is 0 Å². The number of carboxylic acids is 1. The molecule has 0 aliphatic carbocycles. The molecule has 7 nitrogen and oxygen atoms in total. The zero-order chi connectivity index (χ0) is 14.9. The SMILES string of the molecule is CC12CCC(=O)N1C(C(=O)N[C@@H](CCO)C(=O)O)CS2. The summed E-state index contributed by atoms with van der Waals surface area (Å²) in [6.07, 6.45) is 1.08. The van der Waals surface area contributed by atoms with Gasteiger partial charge in [0, 0.05) is 25.2 Å². The van der Waals surface area contributed by atoms with E-state index in [4.69, 9.17) is 10.2 Å². The van der Waals surface area contributed by atoms with Crippen molar-refractivity contribution >= 4 is 29.5 Å². The van der Waals surface area contributed by atoms with Crippen LogP contribution < -0.4 is 5.32 Å². The average molecular weight is 302 g/mol. The van der Waals surface area contributed by atoms with Crippen molar-refractivity contribution in [2.75, 3.05) is 12.4 Å². The number of amides is 2.